The van der Waals surface area contributed by atoms with E-state index in [4.69, 9.17) is 0 Å². The molecule has 1 aromatic heterocycles. The second-order valence-electron chi connectivity index (χ2n) is 5.32. The molecule has 0 aromatic carbocycles. The Bertz CT molecular complexity index is 568. The summed E-state index contributed by atoms with van der Waals surface area (Å²) in [4.78, 5) is 4.26. The van der Waals surface area contributed by atoms with Crippen molar-refractivity contribution >= 4 is 21.4 Å². The highest BCUT2D eigenvalue weighted by Crippen LogP contribution is 2.36. The molecular weight excluding hydrogens is 282 g/mol. The van der Waals surface area contributed by atoms with Gasteiger partial charge in [0.2, 0.25) is 0 Å². The van der Waals surface area contributed by atoms with Crippen molar-refractivity contribution in [3.8, 4) is 0 Å². The third-order valence-corrected chi connectivity index (χ3v) is 7.62. The maximum absolute atomic E-state index is 12.9. The van der Waals surface area contributed by atoms with Gasteiger partial charge in [0, 0.05) is 18.6 Å². The maximum atomic E-state index is 12.9. The summed E-state index contributed by atoms with van der Waals surface area (Å²) >= 11 is 1.29. The Labute approximate surface area is 118 Å². The van der Waals surface area contributed by atoms with Crippen LogP contribution in [0, 0.1) is 13.8 Å². The summed E-state index contributed by atoms with van der Waals surface area (Å²) in [5, 5.41) is 4.15. The molecule has 2 unspecified atom stereocenters. The van der Waals surface area contributed by atoms with Gasteiger partial charge in [0.05, 0.1) is 10.7 Å². The number of nitrogens with zero attached hydrogens (tertiary/aromatic N) is 2. The molecule has 2 fully saturated rings. The zero-order chi connectivity index (χ0) is 13.6. The number of fused-ring (bicyclic) bond motifs is 2. The van der Waals surface area contributed by atoms with Crippen LogP contribution in [0.3, 0.4) is 0 Å². The Morgan fingerprint density at radius 2 is 2.00 bits per heavy atom. The maximum Gasteiger partial charge on any atom is 0.255 e. The van der Waals surface area contributed by atoms with Crippen molar-refractivity contribution in [1.82, 2.24) is 14.6 Å². The Kier molecular flexibility index (Phi) is 3.41. The molecule has 2 bridgehead atoms. The topological polar surface area (TPSA) is 62.3 Å². The molecule has 2 aliphatic rings. The van der Waals surface area contributed by atoms with Crippen LogP contribution in [-0.4, -0.2) is 42.9 Å². The van der Waals surface area contributed by atoms with Crippen LogP contribution in [0.2, 0.25) is 0 Å². The standard InChI is InChI=1S/C12H19N3O2S2/c1-8-12(18-9(2)14-8)19(16,17)15-10-3-4-11(15)7-13-6-5-10/h10-11,13H,3-7H2,1-2H3. The van der Waals surface area contributed by atoms with Crippen molar-refractivity contribution in [2.75, 3.05) is 13.1 Å². The quantitative estimate of drug-likeness (QED) is 0.894. The lowest BCUT2D eigenvalue weighted by molar-refractivity contribution is 0.335. The number of nitrogens with one attached hydrogen (secondary N) is 1. The summed E-state index contributed by atoms with van der Waals surface area (Å²) in [5.41, 5.74) is 0.638. The average Bonchev–Trinajstić information content (AvgIpc) is 2.78. The Hall–Kier alpha value is -0.500. The van der Waals surface area contributed by atoms with Crippen LogP contribution in [0.1, 0.15) is 30.0 Å². The number of thiazole rings is 1. The molecule has 3 heterocycles. The van der Waals surface area contributed by atoms with E-state index in [-0.39, 0.29) is 12.1 Å². The first kappa shape index (κ1) is 13.5. The van der Waals surface area contributed by atoms with E-state index >= 15 is 0 Å². The summed E-state index contributed by atoms with van der Waals surface area (Å²) in [6.45, 7) is 5.32. The number of aryl methyl sites for hydroxylation is 2. The van der Waals surface area contributed by atoms with Gasteiger partial charge in [0.1, 0.15) is 0 Å². The van der Waals surface area contributed by atoms with Crippen LogP contribution >= 0.6 is 11.3 Å². The lowest BCUT2D eigenvalue weighted by atomic mass is 10.1. The largest absolute Gasteiger partial charge is 0.315 e. The first-order valence-electron chi connectivity index (χ1n) is 6.68. The Balaban J connectivity index is 2.02. The van der Waals surface area contributed by atoms with Crippen molar-refractivity contribution in [3.63, 3.8) is 0 Å². The van der Waals surface area contributed by atoms with Gasteiger partial charge >= 0.3 is 0 Å². The molecular formula is C12H19N3O2S2. The molecule has 2 atom stereocenters. The van der Waals surface area contributed by atoms with E-state index in [0.717, 1.165) is 37.4 Å². The van der Waals surface area contributed by atoms with Crippen molar-refractivity contribution in [2.24, 2.45) is 0 Å². The van der Waals surface area contributed by atoms with Gasteiger partial charge in [-0.1, -0.05) is 0 Å². The highest BCUT2D eigenvalue weighted by Gasteiger charge is 2.44. The van der Waals surface area contributed by atoms with E-state index in [1.165, 1.54) is 11.3 Å². The summed E-state index contributed by atoms with van der Waals surface area (Å²) in [7, 11) is -3.38. The fraction of sp³-hybridized carbons (Fsp3) is 0.750. The smallest absolute Gasteiger partial charge is 0.255 e. The van der Waals surface area contributed by atoms with Gasteiger partial charge in [-0.25, -0.2) is 13.4 Å². The van der Waals surface area contributed by atoms with Gasteiger partial charge in [0.25, 0.3) is 10.0 Å². The molecule has 2 aliphatic heterocycles. The van der Waals surface area contributed by atoms with Gasteiger partial charge in [-0.3, -0.25) is 0 Å². The molecule has 1 N–H and O–H groups in total. The number of aromatic nitrogens is 1. The van der Waals surface area contributed by atoms with E-state index in [0.29, 0.717) is 9.90 Å². The number of rotatable bonds is 2. The zero-order valence-electron chi connectivity index (χ0n) is 11.2. The van der Waals surface area contributed by atoms with Crippen LogP contribution in [0.15, 0.2) is 4.21 Å². The molecule has 1 aromatic rings. The molecule has 106 valence electrons. The van der Waals surface area contributed by atoms with Crippen LogP contribution in [0.4, 0.5) is 0 Å². The first-order valence-corrected chi connectivity index (χ1v) is 8.94. The number of sulfonamides is 1. The van der Waals surface area contributed by atoms with Crippen LogP contribution in [0.25, 0.3) is 0 Å². The van der Waals surface area contributed by atoms with Gasteiger partial charge in [-0.05, 0) is 39.7 Å². The van der Waals surface area contributed by atoms with Gasteiger partial charge in [-0.15, -0.1) is 11.3 Å². The summed E-state index contributed by atoms with van der Waals surface area (Å²) in [5.74, 6) is 0. The van der Waals surface area contributed by atoms with E-state index in [9.17, 15) is 8.42 Å². The lowest BCUT2D eigenvalue weighted by Gasteiger charge is -2.26. The highest BCUT2D eigenvalue weighted by molar-refractivity contribution is 7.91. The summed E-state index contributed by atoms with van der Waals surface area (Å²) in [6, 6.07) is 0.270. The second kappa shape index (κ2) is 4.80. The molecule has 7 heteroatoms. The normalized spacial score (nSPS) is 28.5. The molecule has 0 aliphatic carbocycles. The minimum Gasteiger partial charge on any atom is -0.315 e. The minimum atomic E-state index is -3.38. The molecule has 5 nitrogen and oxygen atoms in total. The summed E-state index contributed by atoms with van der Waals surface area (Å²) < 4.78 is 28.0. The van der Waals surface area contributed by atoms with Crippen molar-refractivity contribution in [2.45, 2.75) is 49.4 Å². The van der Waals surface area contributed by atoms with E-state index in [1.54, 1.807) is 11.2 Å². The van der Waals surface area contributed by atoms with E-state index in [1.807, 2.05) is 6.92 Å². The van der Waals surface area contributed by atoms with Crippen LogP contribution in [0.5, 0.6) is 0 Å². The first-order chi connectivity index (χ1) is 9.00. The molecule has 0 saturated carbocycles. The van der Waals surface area contributed by atoms with Crippen LogP contribution < -0.4 is 5.32 Å². The SMILES string of the molecule is Cc1nc(C)c(S(=O)(=O)N2C3CCNCC2CC3)s1. The predicted molar refractivity (Wildman–Crippen MR) is 74.9 cm³/mol. The summed E-state index contributed by atoms with van der Waals surface area (Å²) in [6.07, 6.45) is 2.86. The fourth-order valence-electron chi connectivity index (χ4n) is 3.18. The van der Waals surface area contributed by atoms with E-state index < -0.39 is 10.0 Å². The van der Waals surface area contributed by atoms with Gasteiger partial charge in [-0.2, -0.15) is 4.31 Å². The van der Waals surface area contributed by atoms with Gasteiger partial charge < -0.3 is 5.32 Å². The predicted octanol–water partition coefficient (Wildman–Crippen LogP) is 1.27. The third kappa shape index (κ3) is 2.22. The Morgan fingerprint density at radius 3 is 2.68 bits per heavy atom. The second-order valence-corrected chi connectivity index (χ2v) is 8.56. The molecule has 0 amide bonds. The number of hydrogen-bond acceptors (Lipinski definition) is 5. The fourth-order valence-corrected chi connectivity index (χ4v) is 6.65. The average molecular weight is 301 g/mol. The minimum absolute atomic E-state index is 0.110. The lowest BCUT2D eigenvalue weighted by Crippen LogP contribution is -2.42. The van der Waals surface area contributed by atoms with Crippen molar-refractivity contribution < 1.29 is 8.42 Å². The third-order valence-electron chi connectivity index (χ3n) is 3.96. The van der Waals surface area contributed by atoms with E-state index in [2.05, 4.69) is 10.3 Å². The van der Waals surface area contributed by atoms with Gasteiger partial charge in [0.15, 0.2) is 4.21 Å². The van der Waals surface area contributed by atoms with Crippen molar-refractivity contribution in [1.29, 1.82) is 0 Å². The molecule has 19 heavy (non-hydrogen) atoms. The number of hydrogen-bond donors (Lipinski definition) is 1. The monoisotopic (exact) mass is 301 g/mol. The molecule has 0 spiro atoms. The Morgan fingerprint density at radius 1 is 1.26 bits per heavy atom. The highest BCUT2D eigenvalue weighted by atomic mass is 32.2. The molecule has 0 radical (unpaired) electrons. The molecule has 3 rings (SSSR count). The van der Waals surface area contributed by atoms with Crippen LogP contribution in [-0.2, 0) is 10.0 Å². The zero-order valence-corrected chi connectivity index (χ0v) is 12.9. The molecule has 2 saturated heterocycles. The van der Waals surface area contributed by atoms with Crippen molar-refractivity contribution in [3.05, 3.63) is 10.7 Å².